The van der Waals surface area contributed by atoms with Crippen LogP contribution in [0.25, 0.3) is 11.0 Å². The molecular formula is C11H13N5O4. The van der Waals surface area contributed by atoms with Crippen molar-refractivity contribution in [2.24, 2.45) is 0 Å². The van der Waals surface area contributed by atoms with E-state index < -0.39 is 4.92 Å². The molecule has 1 fully saturated rings. The normalized spacial score (nSPS) is 19.1. The highest BCUT2D eigenvalue weighted by Gasteiger charge is 2.20. The van der Waals surface area contributed by atoms with E-state index in [1.165, 1.54) is 6.07 Å². The molecule has 1 aromatic heterocycles. The van der Waals surface area contributed by atoms with Gasteiger partial charge >= 0.3 is 5.69 Å². The number of aromatic nitrogens is 2. The Balaban J connectivity index is 1.79. The zero-order valence-electron chi connectivity index (χ0n) is 10.5. The molecule has 2 aromatic rings. The average Bonchev–Trinajstić information content (AvgIpc) is 2.95. The topological polar surface area (TPSA) is 115 Å². The van der Waals surface area contributed by atoms with Crippen molar-refractivity contribution in [3.05, 3.63) is 22.2 Å². The summed E-state index contributed by atoms with van der Waals surface area (Å²) < 4.78 is 9.96. The van der Waals surface area contributed by atoms with Crippen LogP contribution in [0.4, 0.5) is 11.4 Å². The molecule has 3 rings (SSSR count). The summed E-state index contributed by atoms with van der Waals surface area (Å²) in [6.45, 7) is 2.78. The van der Waals surface area contributed by atoms with Crippen molar-refractivity contribution < 1.29 is 14.3 Å². The van der Waals surface area contributed by atoms with Gasteiger partial charge in [-0.25, -0.2) is 4.63 Å². The van der Waals surface area contributed by atoms with Gasteiger partial charge in [-0.15, -0.1) is 0 Å². The first-order valence-corrected chi connectivity index (χ1v) is 6.20. The van der Waals surface area contributed by atoms with Crippen molar-refractivity contribution in [1.29, 1.82) is 0 Å². The first-order valence-electron chi connectivity index (χ1n) is 6.20. The molecule has 9 nitrogen and oxygen atoms in total. The van der Waals surface area contributed by atoms with E-state index in [0.29, 0.717) is 31.0 Å². The van der Waals surface area contributed by atoms with E-state index >= 15 is 0 Å². The van der Waals surface area contributed by atoms with Crippen LogP contribution in [0.2, 0.25) is 0 Å². The molecule has 9 heteroatoms. The monoisotopic (exact) mass is 279 g/mol. The Labute approximate surface area is 113 Å². The first-order chi connectivity index (χ1) is 9.75. The minimum atomic E-state index is -0.507. The molecule has 20 heavy (non-hydrogen) atoms. The van der Waals surface area contributed by atoms with E-state index in [2.05, 4.69) is 25.6 Å². The lowest BCUT2D eigenvalue weighted by atomic mass is 10.2. The van der Waals surface area contributed by atoms with Crippen LogP contribution in [-0.4, -0.2) is 47.6 Å². The van der Waals surface area contributed by atoms with E-state index in [-0.39, 0.29) is 17.2 Å². The Morgan fingerprint density at radius 2 is 2.30 bits per heavy atom. The summed E-state index contributed by atoms with van der Waals surface area (Å²) in [6, 6.07) is 3.18. The molecule has 1 aliphatic rings. The van der Waals surface area contributed by atoms with Gasteiger partial charge in [0.2, 0.25) is 5.52 Å². The predicted molar refractivity (Wildman–Crippen MR) is 69.6 cm³/mol. The first kappa shape index (κ1) is 12.8. The number of nitro benzene ring substituents is 1. The highest BCUT2D eigenvalue weighted by Crippen LogP contribution is 2.28. The largest absolute Gasteiger partial charge is 0.381 e. The quantitative estimate of drug-likeness (QED) is 0.615. The lowest BCUT2D eigenvalue weighted by Crippen LogP contribution is -2.45. The van der Waals surface area contributed by atoms with Crippen molar-refractivity contribution in [1.82, 2.24) is 15.6 Å². The molecular weight excluding hydrogens is 266 g/mol. The van der Waals surface area contributed by atoms with Crippen LogP contribution >= 0.6 is 0 Å². The fraction of sp³-hybridized carbons (Fsp3) is 0.455. The average molecular weight is 279 g/mol. The summed E-state index contributed by atoms with van der Waals surface area (Å²) in [5.41, 5.74) is 1.04. The number of benzene rings is 1. The number of anilines is 1. The van der Waals surface area contributed by atoms with Crippen LogP contribution in [-0.2, 0) is 4.74 Å². The van der Waals surface area contributed by atoms with Gasteiger partial charge in [0.05, 0.1) is 23.8 Å². The van der Waals surface area contributed by atoms with Crippen molar-refractivity contribution >= 4 is 22.4 Å². The zero-order chi connectivity index (χ0) is 13.9. The molecule has 0 saturated carbocycles. The Morgan fingerprint density at radius 1 is 1.45 bits per heavy atom. The maximum Gasteiger partial charge on any atom is 0.300 e. The maximum atomic E-state index is 10.9. The van der Waals surface area contributed by atoms with E-state index in [1.807, 2.05) is 0 Å². The number of nitrogens with zero attached hydrogens (tertiary/aromatic N) is 3. The molecule has 1 aliphatic heterocycles. The van der Waals surface area contributed by atoms with Crippen LogP contribution in [0.1, 0.15) is 0 Å². The number of hydrogen-bond donors (Lipinski definition) is 2. The molecule has 1 unspecified atom stereocenters. The second kappa shape index (κ2) is 5.39. The molecule has 0 radical (unpaired) electrons. The van der Waals surface area contributed by atoms with E-state index in [0.717, 1.165) is 6.54 Å². The van der Waals surface area contributed by atoms with E-state index in [4.69, 9.17) is 4.74 Å². The highest BCUT2D eigenvalue weighted by atomic mass is 16.6. The Morgan fingerprint density at radius 3 is 3.05 bits per heavy atom. The van der Waals surface area contributed by atoms with Gasteiger partial charge in [-0.05, 0) is 16.4 Å². The number of hydrogen-bond acceptors (Lipinski definition) is 8. The lowest BCUT2D eigenvalue weighted by Gasteiger charge is -2.24. The zero-order valence-corrected chi connectivity index (χ0v) is 10.5. The van der Waals surface area contributed by atoms with Crippen LogP contribution in [0.5, 0.6) is 0 Å². The molecule has 2 N–H and O–H groups in total. The summed E-state index contributed by atoms with van der Waals surface area (Å²) >= 11 is 0. The summed E-state index contributed by atoms with van der Waals surface area (Å²) in [7, 11) is 0. The second-order valence-corrected chi connectivity index (χ2v) is 4.46. The van der Waals surface area contributed by atoms with Crippen LogP contribution in [0.15, 0.2) is 16.8 Å². The Bertz CT molecular complexity index is 622. The standard InChI is InChI=1S/C11H13N5O4/c17-16(18)9-2-1-8(10-11(9)15-20-14-10)13-5-7-6-19-4-3-12-7/h1-2,7,12-13H,3-6H2. The van der Waals surface area contributed by atoms with Gasteiger partial charge in [-0.3, -0.25) is 10.1 Å². The number of rotatable bonds is 4. The number of non-ortho nitro benzene ring substituents is 1. The van der Waals surface area contributed by atoms with Crippen LogP contribution < -0.4 is 10.6 Å². The van der Waals surface area contributed by atoms with Crippen molar-refractivity contribution in [3.63, 3.8) is 0 Å². The Hall–Kier alpha value is -2.26. The van der Waals surface area contributed by atoms with Crippen molar-refractivity contribution in [2.45, 2.75) is 6.04 Å². The molecule has 1 atom stereocenters. The van der Waals surface area contributed by atoms with Gasteiger partial charge in [0, 0.05) is 25.2 Å². The van der Waals surface area contributed by atoms with Crippen molar-refractivity contribution in [2.75, 3.05) is 31.6 Å². The fourth-order valence-corrected chi connectivity index (χ4v) is 2.13. The lowest BCUT2D eigenvalue weighted by molar-refractivity contribution is -0.383. The third-order valence-electron chi connectivity index (χ3n) is 3.13. The molecule has 0 bridgehead atoms. The van der Waals surface area contributed by atoms with E-state index in [9.17, 15) is 10.1 Å². The predicted octanol–water partition coefficient (Wildman–Crippen LogP) is 0.531. The molecule has 0 spiro atoms. The van der Waals surface area contributed by atoms with Gasteiger partial charge in [0.1, 0.15) is 0 Å². The molecule has 1 saturated heterocycles. The number of morpholine rings is 1. The number of nitro groups is 1. The Kier molecular flexibility index (Phi) is 3.44. The molecule has 2 heterocycles. The summed E-state index contributed by atoms with van der Waals surface area (Å²) in [5, 5.41) is 24.7. The van der Waals surface area contributed by atoms with Gasteiger partial charge in [0.15, 0.2) is 5.52 Å². The van der Waals surface area contributed by atoms with Crippen LogP contribution in [0.3, 0.4) is 0 Å². The second-order valence-electron chi connectivity index (χ2n) is 4.46. The molecule has 0 aliphatic carbocycles. The highest BCUT2D eigenvalue weighted by molar-refractivity contribution is 5.93. The molecule has 106 valence electrons. The molecule has 0 amide bonds. The number of fused-ring (bicyclic) bond motifs is 1. The fourth-order valence-electron chi connectivity index (χ4n) is 2.13. The number of nitrogens with one attached hydrogen (secondary N) is 2. The summed E-state index contributed by atoms with van der Waals surface area (Å²) in [4.78, 5) is 10.4. The summed E-state index contributed by atoms with van der Waals surface area (Å²) in [6.07, 6.45) is 0. The van der Waals surface area contributed by atoms with Gasteiger partial charge < -0.3 is 15.4 Å². The maximum absolute atomic E-state index is 10.9. The smallest absolute Gasteiger partial charge is 0.300 e. The summed E-state index contributed by atoms with van der Waals surface area (Å²) in [5.74, 6) is 0. The minimum absolute atomic E-state index is 0.120. The SMILES string of the molecule is O=[N+]([O-])c1ccc(NCC2COCCN2)c2nonc12. The molecule has 1 aromatic carbocycles. The van der Waals surface area contributed by atoms with E-state index in [1.54, 1.807) is 6.07 Å². The third kappa shape index (κ3) is 2.40. The third-order valence-corrected chi connectivity index (χ3v) is 3.13. The van der Waals surface area contributed by atoms with Crippen LogP contribution in [0, 0.1) is 10.1 Å². The minimum Gasteiger partial charge on any atom is -0.381 e. The number of ether oxygens (including phenoxy) is 1. The van der Waals surface area contributed by atoms with Gasteiger partial charge in [-0.1, -0.05) is 0 Å². The van der Waals surface area contributed by atoms with Gasteiger partial charge in [0.25, 0.3) is 0 Å². The van der Waals surface area contributed by atoms with Crippen molar-refractivity contribution in [3.8, 4) is 0 Å². The van der Waals surface area contributed by atoms with Gasteiger partial charge in [-0.2, -0.15) is 0 Å².